The third kappa shape index (κ3) is 4.57. The van der Waals surface area contributed by atoms with Crippen molar-refractivity contribution in [2.24, 2.45) is 0 Å². The molecule has 6 heteroatoms. The highest BCUT2D eigenvalue weighted by molar-refractivity contribution is 8.00. The Bertz CT molecular complexity index is 581. The fourth-order valence-electron chi connectivity index (χ4n) is 2.29. The van der Waals surface area contributed by atoms with E-state index in [4.69, 9.17) is 14.7 Å². The Morgan fingerprint density at radius 3 is 3.14 bits per heavy atom. The molecule has 0 unspecified atom stereocenters. The molecule has 1 aromatic rings. The number of hydrogen-bond acceptors (Lipinski definition) is 5. The summed E-state index contributed by atoms with van der Waals surface area (Å²) in [7, 11) is 0. The smallest absolute Gasteiger partial charge is 0.230 e. The number of ether oxygens (including phenoxy) is 2. The highest BCUT2D eigenvalue weighted by Gasteiger charge is 2.32. The van der Waals surface area contributed by atoms with Crippen LogP contribution in [-0.2, 0) is 11.2 Å². The van der Waals surface area contributed by atoms with Crippen molar-refractivity contribution >= 4 is 17.7 Å². The van der Waals surface area contributed by atoms with E-state index in [0.29, 0.717) is 24.7 Å². The predicted molar refractivity (Wildman–Crippen MR) is 86.3 cm³/mol. The lowest BCUT2D eigenvalue weighted by Crippen LogP contribution is -2.29. The standard InChI is InChI=1S/C16H20N2O3S/c1-16(2)10-12-4-3-5-13(15(12)21-16)20-8-7-18-14(19)11-22-9-6-17/h3-5H,7-11H2,1-2H3,(H,18,19). The first-order chi connectivity index (χ1) is 10.5. The third-order valence-corrected chi connectivity index (χ3v) is 3.94. The SMILES string of the molecule is CC1(C)Cc2cccc(OCCNC(=O)CSCC#N)c2O1. The Morgan fingerprint density at radius 2 is 2.36 bits per heavy atom. The summed E-state index contributed by atoms with van der Waals surface area (Å²) in [6.45, 7) is 4.92. The molecule has 1 amide bonds. The Hall–Kier alpha value is -1.87. The molecule has 0 saturated carbocycles. The molecule has 0 saturated heterocycles. The summed E-state index contributed by atoms with van der Waals surface area (Å²) in [5, 5.41) is 11.2. The Labute approximate surface area is 135 Å². The summed E-state index contributed by atoms with van der Waals surface area (Å²) in [4.78, 5) is 11.5. The van der Waals surface area contributed by atoms with Crippen LogP contribution in [0.2, 0.25) is 0 Å². The first-order valence-corrected chi connectivity index (χ1v) is 8.32. The van der Waals surface area contributed by atoms with Gasteiger partial charge in [-0.1, -0.05) is 12.1 Å². The van der Waals surface area contributed by atoms with Gasteiger partial charge in [0.1, 0.15) is 12.2 Å². The van der Waals surface area contributed by atoms with Crippen LogP contribution in [0, 0.1) is 11.3 Å². The van der Waals surface area contributed by atoms with Crippen LogP contribution in [0.15, 0.2) is 18.2 Å². The Kier molecular flexibility index (Phi) is 5.56. The van der Waals surface area contributed by atoms with E-state index in [0.717, 1.165) is 23.5 Å². The molecule has 1 N–H and O–H groups in total. The van der Waals surface area contributed by atoms with Crippen LogP contribution in [0.3, 0.4) is 0 Å². The highest BCUT2D eigenvalue weighted by Crippen LogP contribution is 2.41. The van der Waals surface area contributed by atoms with Crippen molar-refractivity contribution in [2.45, 2.75) is 25.9 Å². The molecule has 1 aliphatic rings. The van der Waals surface area contributed by atoms with E-state index in [1.165, 1.54) is 11.8 Å². The molecule has 5 nitrogen and oxygen atoms in total. The fourth-order valence-corrected chi connectivity index (χ4v) is 2.77. The molecule has 1 heterocycles. The minimum Gasteiger partial charge on any atom is -0.488 e. The Balaban J connectivity index is 1.76. The van der Waals surface area contributed by atoms with Crippen LogP contribution in [0.25, 0.3) is 0 Å². The molecule has 2 rings (SSSR count). The normalized spacial score (nSPS) is 14.6. The van der Waals surface area contributed by atoms with Crippen molar-refractivity contribution in [1.82, 2.24) is 5.32 Å². The maximum atomic E-state index is 11.5. The average molecular weight is 320 g/mol. The van der Waals surface area contributed by atoms with Crippen molar-refractivity contribution in [3.05, 3.63) is 23.8 Å². The number of fused-ring (bicyclic) bond motifs is 1. The summed E-state index contributed by atoms with van der Waals surface area (Å²) in [6, 6.07) is 7.87. The van der Waals surface area contributed by atoms with Gasteiger partial charge in [0.05, 0.1) is 24.1 Å². The second-order valence-electron chi connectivity index (χ2n) is 5.63. The van der Waals surface area contributed by atoms with Crippen molar-refractivity contribution in [3.8, 4) is 17.6 Å². The number of amides is 1. The quantitative estimate of drug-likeness (QED) is 0.780. The zero-order valence-corrected chi connectivity index (χ0v) is 13.7. The van der Waals surface area contributed by atoms with Gasteiger partial charge in [-0.25, -0.2) is 0 Å². The first-order valence-electron chi connectivity index (χ1n) is 7.17. The van der Waals surface area contributed by atoms with E-state index >= 15 is 0 Å². The van der Waals surface area contributed by atoms with Crippen LogP contribution < -0.4 is 14.8 Å². The van der Waals surface area contributed by atoms with Gasteiger partial charge in [-0.15, -0.1) is 11.8 Å². The monoisotopic (exact) mass is 320 g/mol. The number of hydrogen-bond donors (Lipinski definition) is 1. The van der Waals surface area contributed by atoms with Crippen molar-refractivity contribution in [3.63, 3.8) is 0 Å². The first kappa shape index (κ1) is 16.5. The van der Waals surface area contributed by atoms with Crippen molar-refractivity contribution in [2.75, 3.05) is 24.7 Å². The topological polar surface area (TPSA) is 71.3 Å². The number of rotatable bonds is 7. The lowest BCUT2D eigenvalue weighted by atomic mass is 10.0. The van der Waals surface area contributed by atoms with Gasteiger partial charge in [-0.2, -0.15) is 5.26 Å². The number of thioether (sulfide) groups is 1. The molecule has 0 aliphatic carbocycles. The lowest BCUT2D eigenvalue weighted by Gasteiger charge is -2.18. The summed E-state index contributed by atoms with van der Waals surface area (Å²) < 4.78 is 11.6. The van der Waals surface area contributed by atoms with Gasteiger partial charge in [0.25, 0.3) is 0 Å². The fraction of sp³-hybridized carbons (Fsp3) is 0.500. The average Bonchev–Trinajstić information content (AvgIpc) is 2.78. The summed E-state index contributed by atoms with van der Waals surface area (Å²) in [5.41, 5.74) is 0.952. The molecule has 0 spiro atoms. The van der Waals surface area contributed by atoms with Gasteiger partial charge in [0, 0.05) is 12.0 Å². The number of nitriles is 1. The number of benzene rings is 1. The van der Waals surface area contributed by atoms with Gasteiger partial charge in [-0.05, 0) is 19.9 Å². The number of carbonyl (C=O) groups excluding carboxylic acids is 1. The molecule has 118 valence electrons. The molecule has 0 aromatic heterocycles. The highest BCUT2D eigenvalue weighted by atomic mass is 32.2. The number of carbonyl (C=O) groups is 1. The van der Waals surface area contributed by atoms with Gasteiger partial charge in [0.15, 0.2) is 11.5 Å². The van der Waals surface area contributed by atoms with Crippen LogP contribution in [0.5, 0.6) is 11.5 Å². The van der Waals surface area contributed by atoms with E-state index in [1.54, 1.807) is 0 Å². The number of para-hydroxylation sites is 1. The molecule has 0 atom stereocenters. The summed E-state index contributed by atoms with van der Waals surface area (Å²) in [6.07, 6.45) is 0.867. The molecular weight excluding hydrogens is 300 g/mol. The van der Waals surface area contributed by atoms with Crippen LogP contribution in [0.4, 0.5) is 0 Å². The van der Waals surface area contributed by atoms with Crippen molar-refractivity contribution < 1.29 is 14.3 Å². The molecule has 22 heavy (non-hydrogen) atoms. The zero-order valence-electron chi connectivity index (χ0n) is 12.8. The van der Waals surface area contributed by atoms with Gasteiger partial charge >= 0.3 is 0 Å². The van der Waals surface area contributed by atoms with Gasteiger partial charge in [0.2, 0.25) is 5.91 Å². The van der Waals surface area contributed by atoms with Crippen molar-refractivity contribution in [1.29, 1.82) is 5.26 Å². The molecule has 1 aromatic carbocycles. The van der Waals surface area contributed by atoms with Crippen LogP contribution in [0.1, 0.15) is 19.4 Å². The molecule has 0 fully saturated rings. The molecule has 1 aliphatic heterocycles. The van der Waals surface area contributed by atoms with Gasteiger partial charge in [-0.3, -0.25) is 4.79 Å². The second-order valence-corrected chi connectivity index (χ2v) is 6.62. The molecule has 0 radical (unpaired) electrons. The van der Waals surface area contributed by atoms with Crippen LogP contribution >= 0.6 is 11.8 Å². The second kappa shape index (κ2) is 7.41. The molecular formula is C16H20N2O3S. The van der Waals surface area contributed by atoms with E-state index in [-0.39, 0.29) is 11.5 Å². The molecule has 0 bridgehead atoms. The number of nitrogens with one attached hydrogen (secondary N) is 1. The van der Waals surface area contributed by atoms with E-state index in [1.807, 2.05) is 24.3 Å². The number of nitrogens with zero attached hydrogens (tertiary/aromatic N) is 1. The predicted octanol–water partition coefficient (Wildman–Crippen LogP) is 2.15. The largest absolute Gasteiger partial charge is 0.488 e. The van der Waals surface area contributed by atoms with Crippen LogP contribution in [-0.4, -0.2) is 36.2 Å². The summed E-state index contributed by atoms with van der Waals surface area (Å²) >= 11 is 1.30. The van der Waals surface area contributed by atoms with Gasteiger partial charge < -0.3 is 14.8 Å². The van der Waals surface area contributed by atoms with E-state index in [2.05, 4.69) is 19.2 Å². The minimum atomic E-state index is -0.200. The zero-order chi connectivity index (χ0) is 16.0. The maximum absolute atomic E-state index is 11.5. The Morgan fingerprint density at radius 1 is 1.55 bits per heavy atom. The summed E-state index contributed by atoms with van der Waals surface area (Å²) in [5.74, 6) is 2.07. The maximum Gasteiger partial charge on any atom is 0.230 e. The van der Waals surface area contributed by atoms with E-state index < -0.39 is 0 Å². The third-order valence-electron chi connectivity index (χ3n) is 3.14. The van der Waals surface area contributed by atoms with E-state index in [9.17, 15) is 4.79 Å². The lowest BCUT2D eigenvalue weighted by molar-refractivity contribution is -0.118. The minimum absolute atomic E-state index is 0.0838.